The van der Waals surface area contributed by atoms with Crippen molar-refractivity contribution in [2.75, 3.05) is 6.54 Å². The van der Waals surface area contributed by atoms with Crippen molar-refractivity contribution in [2.24, 2.45) is 5.92 Å². The summed E-state index contributed by atoms with van der Waals surface area (Å²) in [7, 11) is 0. The lowest BCUT2D eigenvalue weighted by atomic mass is 9.93. The van der Waals surface area contributed by atoms with Crippen molar-refractivity contribution in [3.63, 3.8) is 0 Å². The van der Waals surface area contributed by atoms with Crippen molar-refractivity contribution in [3.05, 3.63) is 35.4 Å². The molecule has 0 N–H and O–H groups in total. The smallest absolute Gasteiger partial charge is 0.410 e. The van der Waals surface area contributed by atoms with E-state index in [1.807, 2.05) is 27.7 Å². The summed E-state index contributed by atoms with van der Waals surface area (Å²) in [6, 6.07) is 3.60. The highest BCUT2D eigenvalue weighted by atomic mass is 19.1. The monoisotopic (exact) mass is 323 g/mol. The van der Waals surface area contributed by atoms with Crippen LogP contribution in [0.1, 0.15) is 46.1 Å². The zero-order chi connectivity index (χ0) is 17.0. The van der Waals surface area contributed by atoms with E-state index < -0.39 is 22.7 Å². The molecule has 2 fully saturated rings. The fourth-order valence-corrected chi connectivity index (χ4v) is 3.96. The summed E-state index contributed by atoms with van der Waals surface area (Å²) < 4.78 is 33.3. The van der Waals surface area contributed by atoms with Crippen LogP contribution in [0.25, 0.3) is 0 Å². The maximum atomic E-state index is 14.2. The fourth-order valence-electron chi connectivity index (χ4n) is 3.96. The lowest BCUT2D eigenvalue weighted by molar-refractivity contribution is 0.0186. The van der Waals surface area contributed by atoms with Gasteiger partial charge in [0.25, 0.3) is 0 Å². The van der Waals surface area contributed by atoms with Crippen molar-refractivity contribution < 1.29 is 18.3 Å². The summed E-state index contributed by atoms with van der Waals surface area (Å²) in [5.74, 6) is -0.656. The second-order valence-electron chi connectivity index (χ2n) is 7.67. The number of hydrogen-bond donors (Lipinski definition) is 0. The van der Waals surface area contributed by atoms with Crippen molar-refractivity contribution >= 4 is 6.09 Å². The van der Waals surface area contributed by atoms with Crippen LogP contribution < -0.4 is 0 Å². The van der Waals surface area contributed by atoms with Gasteiger partial charge in [0.1, 0.15) is 17.2 Å². The quantitative estimate of drug-likeness (QED) is 0.814. The Balaban J connectivity index is 1.88. The molecule has 0 bridgehead atoms. The Labute approximate surface area is 135 Å². The van der Waals surface area contributed by atoms with Gasteiger partial charge >= 0.3 is 6.09 Å². The summed E-state index contributed by atoms with van der Waals surface area (Å²) in [5.41, 5.74) is -0.629. The maximum Gasteiger partial charge on any atom is 0.410 e. The first kappa shape index (κ1) is 16.2. The number of amides is 1. The Hall–Kier alpha value is -1.65. The average molecular weight is 323 g/mol. The van der Waals surface area contributed by atoms with E-state index in [1.54, 1.807) is 4.90 Å². The van der Waals surface area contributed by atoms with Gasteiger partial charge < -0.3 is 9.64 Å². The zero-order valence-corrected chi connectivity index (χ0v) is 14.0. The third kappa shape index (κ3) is 2.70. The number of carbonyl (C=O) groups excluding carboxylic acids is 1. The van der Waals surface area contributed by atoms with Gasteiger partial charge in [0.05, 0.1) is 0 Å². The van der Waals surface area contributed by atoms with Gasteiger partial charge in [-0.25, -0.2) is 13.6 Å². The second kappa shape index (κ2) is 5.18. The van der Waals surface area contributed by atoms with Gasteiger partial charge in [-0.3, -0.25) is 0 Å². The largest absolute Gasteiger partial charge is 0.444 e. The summed E-state index contributed by atoms with van der Waals surface area (Å²) >= 11 is 0. The minimum absolute atomic E-state index is 0.0208. The molecule has 3 nitrogen and oxygen atoms in total. The SMILES string of the molecule is CCC1[C@@H]2C[C@]2(c2cc(F)ccc2F)CN1C(=O)OC(C)(C)C. The number of fused-ring (bicyclic) bond motifs is 1. The Morgan fingerprint density at radius 2 is 2.09 bits per heavy atom. The minimum Gasteiger partial charge on any atom is -0.444 e. The Morgan fingerprint density at radius 1 is 1.39 bits per heavy atom. The molecule has 1 heterocycles. The van der Waals surface area contributed by atoms with Gasteiger partial charge in [0, 0.05) is 18.0 Å². The number of hydrogen-bond acceptors (Lipinski definition) is 2. The molecule has 5 heteroatoms. The van der Waals surface area contributed by atoms with Crippen LogP contribution in [0, 0.1) is 17.6 Å². The van der Waals surface area contributed by atoms with E-state index in [-0.39, 0.29) is 18.1 Å². The molecule has 126 valence electrons. The molecule has 1 amide bonds. The highest BCUT2D eigenvalue weighted by Gasteiger charge is 2.67. The predicted molar refractivity (Wildman–Crippen MR) is 83.2 cm³/mol. The minimum atomic E-state index is -0.570. The third-order valence-corrected chi connectivity index (χ3v) is 4.96. The van der Waals surface area contributed by atoms with Crippen molar-refractivity contribution in [3.8, 4) is 0 Å². The van der Waals surface area contributed by atoms with E-state index in [4.69, 9.17) is 4.74 Å². The molecule has 1 aliphatic heterocycles. The molecule has 3 atom stereocenters. The molecule has 0 spiro atoms. The summed E-state index contributed by atoms with van der Waals surface area (Å²) in [4.78, 5) is 14.2. The topological polar surface area (TPSA) is 29.5 Å². The number of ether oxygens (including phenoxy) is 1. The number of piperidine rings is 1. The number of benzene rings is 1. The van der Waals surface area contributed by atoms with Crippen LogP contribution in [0.5, 0.6) is 0 Å². The lowest BCUT2D eigenvalue weighted by Gasteiger charge is -2.30. The Morgan fingerprint density at radius 3 is 2.70 bits per heavy atom. The first-order valence-corrected chi connectivity index (χ1v) is 8.13. The number of likely N-dealkylation sites (tertiary alicyclic amines) is 1. The molecule has 0 radical (unpaired) electrons. The van der Waals surface area contributed by atoms with Gasteiger partial charge in [-0.05, 0) is 63.3 Å². The highest BCUT2D eigenvalue weighted by molar-refractivity contribution is 5.70. The van der Waals surface area contributed by atoms with Gasteiger partial charge in [-0.2, -0.15) is 0 Å². The number of carbonyl (C=O) groups is 1. The molecule has 1 aliphatic carbocycles. The fraction of sp³-hybridized carbons (Fsp3) is 0.611. The first-order chi connectivity index (χ1) is 10.7. The van der Waals surface area contributed by atoms with Gasteiger partial charge in [0.15, 0.2) is 0 Å². The normalized spacial score (nSPS) is 29.4. The van der Waals surface area contributed by atoms with Crippen molar-refractivity contribution in [2.45, 2.75) is 57.6 Å². The van der Waals surface area contributed by atoms with Crippen LogP contribution in [0.4, 0.5) is 13.6 Å². The van der Waals surface area contributed by atoms with E-state index in [2.05, 4.69) is 0 Å². The van der Waals surface area contributed by atoms with Crippen LogP contribution in [-0.4, -0.2) is 29.2 Å². The van der Waals surface area contributed by atoms with E-state index in [0.717, 1.165) is 18.9 Å². The summed E-state index contributed by atoms with van der Waals surface area (Å²) in [5, 5.41) is 0. The van der Waals surface area contributed by atoms with Crippen LogP contribution in [0.2, 0.25) is 0 Å². The zero-order valence-electron chi connectivity index (χ0n) is 14.0. The van der Waals surface area contributed by atoms with E-state index in [1.165, 1.54) is 12.1 Å². The molecular weight excluding hydrogens is 300 g/mol. The van der Waals surface area contributed by atoms with Crippen LogP contribution in [0.15, 0.2) is 18.2 Å². The van der Waals surface area contributed by atoms with E-state index in [0.29, 0.717) is 12.1 Å². The third-order valence-electron chi connectivity index (χ3n) is 4.96. The standard InChI is InChI=1S/C18H23F2NO2/c1-5-15-13-9-18(13,12-8-11(19)6-7-14(12)20)10-21(15)16(22)23-17(2,3)4/h6-8,13,15H,5,9-10H2,1-4H3/t13-,15?,18+/m0/s1. The van der Waals surface area contributed by atoms with Gasteiger partial charge in [-0.1, -0.05) is 6.92 Å². The van der Waals surface area contributed by atoms with Crippen LogP contribution >= 0.6 is 0 Å². The predicted octanol–water partition coefficient (Wildman–Crippen LogP) is 4.25. The molecule has 1 aromatic rings. The Kier molecular flexibility index (Phi) is 3.65. The average Bonchev–Trinajstić information content (AvgIpc) is 3.07. The van der Waals surface area contributed by atoms with Gasteiger partial charge in [-0.15, -0.1) is 0 Å². The Bertz CT molecular complexity index is 640. The molecule has 1 saturated carbocycles. The first-order valence-electron chi connectivity index (χ1n) is 8.13. The molecule has 1 aromatic carbocycles. The molecule has 1 unspecified atom stereocenters. The lowest BCUT2D eigenvalue weighted by Crippen LogP contribution is -2.42. The molecule has 23 heavy (non-hydrogen) atoms. The molecule has 2 aliphatic rings. The maximum absolute atomic E-state index is 14.2. The van der Waals surface area contributed by atoms with Crippen LogP contribution in [-0.2, 0) is 10.2 Å². The molecule has 1 saturated heterocycles. The summed E-state index contributed by atoms with van der Waals surface area (Å²) in [6.45, 7) is 7.88. The van der Waals surface area contributed by atoms with Crippen molar-refractivity contribution in [1.82, 2.24) is 4.90 Å². The van der Waals surface area contributed by atoms with E-state index >= 15 is 0 Å². The number of halogens is 2. The second-order valence-corrected chi connectivity index (χ2v) is 7.67. The molecule has 3 rings (SSSR count). The highest BCUT2D eigenvalue weighted by Crippen LogP contribution is 2.63. The number of nitrogens with zero attached hydrogens (tertiary/aromatic N) is 1. The van der Waals surface area contributed by atoms with Crippen LogP contribution in [0.3, 0.4) is 0 Å². The number of rotatable bonds is 2. The summed E-state index contributed by atoms with van der Waals surface area (Å²) in [6.07, 6.45) is 1.21. The van der Waals surface area contributed by atoms with Gasteiger partial charge in [0.2, 0.25) is 0 Å². The molecular formula is C18H23F2NO2. The van der Waals surface area contributed by atoms with E-state index in [9.17, 15) is 13.6 Å². The van der Waals surface area contributed by atoms with Crippen molar-refractivity contribution in [1.29, 1.82) is 0 Å². The molecule has 0 aromatic heterocycles.